The molecule has 0 nitrogen and oxygen atoms in total. The molecule has 0 spiro atoms. The summed E-state index contributed by atoms with van der Waals surface area (Å²) in [5.41, 5.74) is 13.7. The quantitative estimate of drug-likeness (QED) is 0.187. The van der Waals surface area contributed by atoms with E-state index in [0.29, 0.717) is 0 Å². The van der Waals surface area contributed by atoms with Crippen LogP contribution in [0.5, 0.6) is 0 Å². The number of hydrogen-bond acceptors (Lipinski definition) is 0. The van der Waals surface area contributed by atoms with E-state index in [1.807, 2.05) is 30.3 Å². The Balaban J connectivity index is 0.000000376. The van der Waals surface area contributed by atoms with E-state index in [4.69, 9.17) is 0 Å². The first-order chi connectivity index (χ1) is 19.8. The number of fused-ring (bicyclic) bond motifs is 3. The van der Waals surface area contributed by atoms with Crippen LogP contribution in [0.25, 0.3) is 11.1 Å². The van der Waals surface area contributed by atoms with Crippen molar-refractivity contribution in [1.82, 2.24) is 0 Å². The molecule has 0 aliphatic heterocycles. The molecular formula is C41H44Cl2SiZr. The third kappa shape index (κ3) is 11.2. The smallest absolute Gasteiger partial charge is 1.00 e. The minimum Gasteiger partial charge on any atom is -1.00 e. The molecule has 0 bridgehead atoms. The molecule has 5 aromatic rings. The first kappa shape index (κ1) is 40.8. The fourth-order valence-corrected chi connectivity index (χ4v) is 5.43. The SMILES string of the molecule is CC(C)(C)c1[c-]c2c(cc1)-c1ccc(C(C)(C)C)cc1C2.Cc1cccc(C(=[Si])c2cccc(C)c2)c1.[Cl-].[Cl-].[Zr+4].c1cc[cH-]c1. The van der Waals surface area contributed by atoms with Crippen molar-refractivity contribution < 1.29 is 51.0 Å². The molecule has 1 aliphatic rings. The summed E-state index contributed by atoms with van der Waals surface area (Å²) in [6, 6.07) is 42.2. The Hall–Kier alpha value is -2.22. The van der Waals surface area contributed by atoms with Gasteiger partial charge in [-0.05, 0) is 58.5 Å². The molecule has 0 saturated heterocycles. The number of benzene rings is 4. The molecule has 1 aliphatic carbocycles. The summed E-state index contributed by atoms with van der Waals surface area (Å²) in [5.74, 6) is 0. The zero-order valence-corrected chi connectivity index (χ0v) is 32.8. The van der Waals surface area contributed by atoms with E-state index in [9.17, 15) is 0 Å². The van der Waals surface area contributed by atoms with Crippen molar-refractivity contribution in [1.29, 1.82) is 0 Å². The van der Waals surface area contributed by atoms with Crippen LogP contribution in [0.4, 0.5) is 0 Å². The summed E-state index contributed by atoms with van der Waals surface area (Å²) in [6.45, 7) is 17.8. The van der Waals surface area contributed by atoms with Gasteiger partial charge in [0.2, 0.25) is 0 Å². The van der Waals surface area contributed by atoms with Crippen LogP contribution in [0.15, 0.2) is 109 Å². The predicted molar refractivity (Wildman–Crippen MR) is 184 cm³/mol. The van der Waals surface area contributed by atoms with E-state index in [-0.39, 0.29) is 61.8 Å². The Kier molecular flexibility index (Phi) is 16.0. The fourth-order valence-electron chi connectivity index (χ4n) is 5.12. The summed E-state index contributed by atoms with van der Waals surface area (Å²) in [5, 5.41) is 1.15. The van der Waals surface area contributed by atoms with E-state index in [1.165, 1.54) is 55.6 Å². The van der Waals surface area contributed by atoms with Crippen molar-refractivity contribution in [3.8, 4) is 11.1 Å². The van der Waals surface area contributed by atoms with E-state index in [1.54, 1.807) is 0 Å². The average Bonchev–Trinajstić information content (AvgIpc) is 3.63. The van der Waals surface area contributed by atoms with Gasteiger partial charge in [-0.15, -0.1) is 11.1 Å². The van der Waals surface area contributed by atoms with Crippen LogP contribution in [0.3, 0.4) is 0 Å². The maximum atomic E-state index is 3.73. The van der Waals surface area contributed by atoms with Crippen LogP contribution in [0.2, 0.25) is 0 Å². The van der Waals surface area contributed by atoms with Gasteiger partial charge in [-0.2, -0.15) is 42.0 Å². The first-order valence-electron chi connectivity index (χ1n) is 14.9. The number of hydrogen-bond donors (Lipinski definition) is 0. The molecule has 0 saturated carbocycles. The Morgan fingerprint density at radius 1 is 0.667 bits per heavy atom. The van der Waals surface area contributed by atoms with Crippen LogP contribution >= 0.6 is 0 Å². The van der Waals surface area contributed by atoms with Crippen molar-refractivity contribution in [3.05, 3.63) is 160 Å². The maximum absolute atomic E-state index is 3.73. The summed E-state index contributed by atoms with van der Waals surface area (Å²) in [7, 11) is 3.73. The van der Waals surface area contributed by atoms with Gasteiger partial charge in [0.15, 0.2) is 0 Å². The van der Waals surface area contributed by atoms with Crippen LogP contribution in [-0.4, -0.2) is 15.0 Å². The average molecular weight is 727 g/mol. The Morgan fingerprint density at radius 3 is 1.64 bits per heavy atom. The van der Waals surface area contributed by atoms with Crippen molar-refractivity contribution in [2.75, 3.05) is 0 Å². The minimum absolute atomic E-state index is 0. The molecule has 45 heavy (non-hydrogen) atoms. The van der Waals surface area contributed by atoms with E-state index < -0.39 is 0 Å². The zero-order valence-electron chi connectivity index (χ0n) is 27.9. The van der Waals surface area contributed by atoms with Crippen molar-refractivity contribution in [2.24, 2.45) is 0 Å². The second kappa shape index (κ2) is 17.6. The normalized spacial score (nSPS) is 11.0. The largest absolute Gasteiger partial charge is 4.00 e. The summed E-state index contributed by atoms with van der Waals surface area (Å²) >= 11 is 0. The molecule has 0 atom stereocenters. The standard InChI is InChI=1S/C21H25.C15H14Si.C5H5.2ClH.Zr/c1-20(2,3)16-7-9-18-14(12-16)11-15-13-17(21(4,5)6)8-10-19(15)18;1-11-5-3-7-13(9-11)15(16)14-8-4-6-12(2)10-14;1-2-4-5-3-1;;;/h7-10,12H,11H2,1-6H3;3-10H,1-2H3;1-5H;2*1H;/q-1;;-1;;;+4/p-2. The zero-order chi connectivity index (χ0) is 30.5. The maximum Gasteiger partial charge on any atom is 4.00 e. The second-order valence-electron chi connectivity index (χ2n) is 13.4. The molecule has 0 N–H and O–H groups in total. The molecule has 230 valence electrons. The van der Waals surface area contributed by atoms with Gasteiger partial charge in [-0.25, -0.2) is 12.1 Å². The summed E-state index contributed by atoms with van der Waals surface area (Å²) in [4.78, 5) is 0. The molecule has 0 aromatic heterocycles. The van der Waals surface area contributed by atoms with Crippen molar-refractivity contribution >= 4 is 15.0 Å². The van der Waals surface area contributed by atoms with Crippen LogP contribution in [0, 0.1) is 19.9 Å². The van der Waals surface area contributed by atoms with E-state index in [0.717, 1.165) is 11.6 Å². The van der Waals surface area contributed by atoms with Gasteiger partial charge in [0.05, 0.1) is 0 Å². The summed E-state index contributed by atoms with van der Waals surface area (Å²) in [6.07, 6.45) is 1.03. The minimum atomic E-state index is 0. The number of aryl methyl sites for hydroxylation is 2. The molecule has 0 fully saturated rings. The van der Waals surface area contributed by atoms with Crippen LogP contribution in [-0.2, 0) is 43.5 Å². The fraction of sp³-hybridized carbons (Fsp3) is 0.268. The molecule has 5 aromatic carbocycles. The molecule has 0 amide bonds. The van der Waals surface area contributed by atoms with Gasteiger partial charge in [-0.3, -0.25) is 0 Å². The van der Waals surface area contributed by atoms with Crippen LogP contribution in [0.1, 0.15) is 86.1 Å². The van der Waals surface area contributed by atoms with Gasteiger partial charge >= 0.3 is 26.2 Å². The number of rotatable bonds is 2. The van der Waals surface area contributed by atoms with Gasteiger partial charge in [0.1, 0.15) is 0 Å². The Labute approximate surface area is 307 Å². The molecule has 6 rings (SSSR count). The summed E-state index contributed by atoms with van der Waals surface area (Å²) < 4.78 is 0. The van der Waals surface area contributed by atoms with E-state index in [2.05, 4.69) is 150 Å². The Morgan fingerprint density at radius 2 is 1.20 bits per heavy atom. The number of halogens is 2. The molecular weight excluding hydrogens is 683 g/mol. The van der Waals surface area contributed by atoms with Gasteiger partial charge < -0.3 is 24.8 Å². The molecule has 2 radical (unpaired) electrons. The third-order valence-electron chi connectivity index (χ3n) is 7.63. The topological polar surface area (TPSA) is 0 Å². The van der Waals surface area contributed by atoms with Crippen molar-refractivity contribution in [3.63, 3.8) is 0 Å². The van der Waals surface area contributed by atoms with Gasteiger partial charge in [-0.1, -0.05) is 125 Å². The van der Waals surface area contributed by atoms with Crippen molar-refractivity contribution in [2.45, 2.75) is 72.6 Å². The monoisotopic (exact) mass is 724 g/mol. The first-order valence-corrected chi connectivity index (χ1v) is 15.4. The van der Waals surface area contributed by atoms with Gasteiger partial charge in [0, 0.05) is 9.85 Å². The third-order valence-corrected chi connectivity index (χ3v) is 8.21. The Bertz CT molecular complexity index is 1530. The molecule has 0 heterocycles. The van der Waals surface area contributed by atoms with E-state index >= 15 is 0 Å². The second-order valence-corrected chi connectivity index (χ2v) is 13.9. The van der Waals surface area contributed by atoms with Crippen LogP contribution < -0.4 is 24.8 Å². The molecule has 0 unspecified atom stereocenters. The van der Waals surface area contributed by atoms with Gasteiger partial charge in [0.25, 0.3) is 0 Å². The predicted octanol–water partition coefficient (Wildman–Crippen LogP) is 4.10. The molecule has 4 heteroatoms.